The number of carbonyl (C=O) groups excluding carboxylic acids is 1. The number of rotatable bonds is 4. The van der Waals surface area contributed by atoms with Crippen LogP contribution in [-0.2, 0) is 0 Å². The highest BCUT2D eigenvalue weighted by molar-refractivity contribution is 6.18. The first kappa shape index (κ1) is 11.5. The molecule has 16 heavy (non-hydrogen) atoms. The van der Waals surface area contributed by atoms with Gasteiger partial charge in [-0.3, -0.25) is 4.79 Å². The third kappa shape index (κ3) is 2.07. The number of hydrogen-bond acceptors (Lipinski definition) is 3. The summed E-state index contributed by atoms with van der Waals surface area (Å²) in [4.78, 5) is 17.9. The molecular formula is C11H15ClN2O2. The molecule has 1 saturated carbocycles. The molecule has 2 rings (SSSR count). The summed E-state index contributed by atoms with van der Waals surface area (Å²) in [7, 11) is 0. The van der Waals surface area contributed by atoms with Gasteiger partial charge in [0.25, 0.3) is 5.91 Å². The number of halogens is 1. The normalized spacial score (nSPS) is 15.9. The Morgan fingerprint density at radius 1 is 1.69 bits per heavy atom. The van der Waals surface area contributed by atoms with Crippen LogP contribution in [0.25, 0.3) is 0 Å². The van der Waals surface area contributed by atoms with E-state index in [1.165, 1.54) is 12.8 Å². The average Bonchev–Trinajstić information content (AvgIpc) is 2.60. The Balaban J connectivity index is 2.13. The summed E-state index contributed by atoms with van der Waals surface area (Å²) in [5, 5.41) is 0. The number of alkyl halides is 1. The first-order chi connectivity index (χ1) is 7.74. The Kier molecular flexibility index (Phi) is 3.49. The van der Waals surface area contributed by atoms with E-state index in [-0.39, 0.29) is 5.91 Å². The smallest absolute Gasteiger partial charge is 0.291 e. The van der Waals surface area contributed by atoms with E-state index in [0.29, 0.717) is 29.9 Å². The molecule has 4 nitrogen and oxygen atoms in total. The Hall–Kier alpha value is -1.03. The van der Waals surface area contributed by atoms with E-state index in [4.69, 9.17) is 16.0 Å². The number of aromatic nitrogens is 1. The molecule has 1 amide bonds. The predicted molar refractivity (Wildman–Crippen MR) is 60.6 cm³/mol. The molecule has 0 atom stereocenters. The van der Waals surface area contributed by atoms with E-state index in [2.05, 4.69) is 4.98 Å². The van der Waals surface area contributed by atoms with E-state index in [1.807, 2.05) is 4.90 Å². The van der Waals surface area contributed by atoms with Gasteiger partial charge < -0.3 is 9.32 Å². The van der Waals surface area contributed by atoms with Gasteiger partial charge in [-0.2, -0.15) is 0 Å². The summed E-state index contributed by atoms with van der Waals surface area (Å²) in [5.41, 5.74) is 0.642. The number of hydrogen-bond donors (Lipinski definition) is 0. The first-order valence-corrected chi connectivity index (χ1v) is 6.04. The molecule has 88 valence electrons. The lowest BCUT2D eigenvalue weighted by atomic mass is 9.91. The van der Waals surface area contributed by atoms with Crippen LogP contribution in [0.5, 0.6) is 0 Å². The predicted octanol–water partition coefficient (Wildman–Crippen LogP) is 2.22. The molecule has 1 fully saturated rings. The maximum Gasteiger partial charge on any atom is 0.291 e. The van der Waals surface area contributed by atoms with Crippen LogP contribution in [0, 0.1) is 6.92 Å². The highest BCUT2D eigenvalue weighted by atomic mass is 35.5. The molecule has 0 unspecified atom stereocenters. The van der Waals surface area contributed by atoms with E-state index >= 15 is 0 Å². The molecule has 0 aliphatic heterocycles. The number of amides is 1. The Bertz CT molecular complexity index is 374. The fraction of sp³-hybridized carbons (Fsp3) is 0.636. The monoisotopic (exact) mass is 242 g/mol. The van der Waals surface area contributed by atoms with Crippen LogP contribution in [-0.4, -0.2) is 34.3 Å². The maximum atomic E-state index is 12.2. The minimum absolute atomic E-state index is 0.0830. The van der Waals surface area contributed by atoms with Crippen LogP contribution in [0.15, 0.2) is 10.8 Å². The van der Waals surface area contributed by atoms with Crippen LogP contribution >= 0.6 is 11.6 Å². The summed E-state index contributed by atoms with van der Waals surface area (Å²) in [5.74, 6) is 0.715. The fourth-order valence-electron chi connectivity index (χ4n) is 1.88. The van der Waals surface area contributed by atoms with Crippen molar-refractivity contribution in [3.63, 3.8) is 0 Å². The quantitative estimate of drug-likeness (QED) is 0.761. The van der Waals surface area contributed by atoms with Gasteiger partial charge in [0.15, 0.2) is 6.39 Å². The van der Waals surface area contributed by atoms with Gasteiger partial charge in [-0.15, -0.1) is 11.6 Å². The van der Waals surface area contributed by atoms with Crippen LogP contribution in [0.1, 0.15) is 35.5 Å². The third-order valence-electron chi connectivity index (χ3n) is 3.04. The molecular weight excluding hydrogens is 228 g/mol. The first-order valence-electron chi connectivity index (χ1n) is 5.51. The number of nitrogens with zero attached hydrogens (tertiary/aromatic N) is 2. The number of aryl methyl sites for hydroxylation is 1. The third-order valence-corrected chi connectivity index (χ3v) is 3.21. The van der Waals surface area contributed by atoms with Gasteiger partial charge in [-0.05, 0) is 26.2 Å². The van der Waals surface area contributed by atoms with Crippen molar-refractivity contribution in [1.29, 1.82) is 0 Å². The Labute approximate surface area is 99.6 Å². The van der Waals surface area contributed by atoms with Crippen molar-refractivity contribution in [2.75, 3.05) is 12.4 Å². The van der Waals surface area contributed by atoms with Gasteiger partial charge in [-0.1, -0.05) is 0 Å². The highest BCUT2D eigenvalue weighted by Gasteiger charge is 2.31. The van der Waals surface area contributed by atoms with E-state index in [0.717, 1.165) is 12.8 Å². The number of carbonyl (C=O) groups is 1. The molecule has 0 radical (unpaired) electrons. The Morgan fingerprint density at radius 2 is 2.44 bits per heavy atom. The molecule has 1 aromatic heterocycles. The molecule has 0 N–H and O–H groups in total. The molecule has 1 aliphatic carbocycles. The van der Waals surface area contributed by atoms with Gasteiger partial charge in [0.2, 0.25) is 5.76 Å². The van der Waals surface area contributed by atoms with Crippen molar-refractivity contribution in [2.45, 2.75) is 32.2 Å². The number of oxazole rings is 1. The average molecular weight is 243 g/mol. The van der Waals surface area contributed by atoms with Crippen molar-refractivity contribution < 1.29 is 9.21 Å². The zero-order valence-electron chi connectivity index (χ0n) is 9.28. The standard InChI is InChI=1S/C11H15ClN2O2/c1-8-10(16-7-13-8)11(15)14(6-5-12)9-3-2-4-9/h7,9H,2-6H2,1H3. The van der Waals surface area contributed by atoms with Crippen molar-refractivity contribution in [3.8, 4) is 0 Å². The zero-order valence-corrected chi connectivity index (χ0v) is 10.0. The lowest BCUT2D eigenvalue weighted by Gasteiger charge is -2.36. The Morgan fingerprint density at radius 3 is 2.88 bits per heavy atom. The molecule has 0 spiro atoms. The summed E-state index contributed by atoms with van der Waals surface area (Å²) in [6.45, 7) is 2.35. The van der Waals surface area contributed by atoms with Gasteiger partial charge in [0, 0.05) is 18.5 Å². The van der Waals surface area contributed by atoms with E-state index in [1.54, 1.807) is 6.92 Å². The van der Waals surface area contributed by atoms with Crippen molar-refractivity contribution >= 4 is 17.5 Å². The van der Waals surface area contributed by atoms with Crippen molar-refractivity contribution in [1.82, 2.24) is 9.88 Å². The van der Waals surface area contributed by atoms with Crippen LogP contribution in [0.3, 0.4) is 0 Å². The molecule has 1 aliphatic rings. The second-order valence-electron chi connectivity index (χ2n) is 4.04. The molecule has 5 heteroatoms. The summed E-state index contributed by atoms with van der Waals surface area (Å²) in [6.07, 6.45) is 4.62. The van der Waals surface area contributed by atoms with Gasteiger partial charge in [0.1, 0.15) is 0 Å². The van der Waals surface area contributed by atoms with Gasteiger partial charge in [-0.25, -0.2) is 4.98 Å². The highest BCUT2D eigenvalue weighted by Crippen LogP contribution is 2.26. The molecule has 1 heterocycles. The SMILES string of the molecule is Cc1ncoc1C(=O)N(CCCl)C1CCC1. The van der Waals surface area contributed by atoms with Crippen molar-refractivity contribution in [2.24, 2.45) is 0 Å². The molecule has 1 aromatic rings. The van der Waals surface area contributed by atoms with Crippen molar-refractivity contribution in [3.05, 3.63) is 17.8 Å². The van der Waals surface area contributed by atoms with E-state index in [9.17, 15) is 4.79 Å². The molecule has 0 bridgehead atoms. The van der Waals surface area contributed by atoms with Gasteiger partial charge >= 0.3 is 0 Å². The topological polar surface area (TPSA) is 46.3 Å². The fourth-order valence-corrected chi connectivity index (χ4v) is 2.06. The van der Waals surface area contributed by atoms with Crippen LogP contribution < -0.4 is 0 Å². The van der Waals surface area contributed by atoms with Crippen LogP contribution in [0.4, 0.5) is 0 Å². The minimum atomic E-state index is -0.0830. The summed E-state index contributed by atoms with van der Waals surface area (Å²) < 4.78 is 5.13. The summed E-state index contributed by atoms with van der Waals surface area (Å²) in [6, 6.07) is 0.329. The lowest BCUT2D eigenvalue weighted by Crippen LogP contribution is -2.45. The largest absolute Gasteiger partial charge is 0.438 e. The zero-order chi connectivity index (χ0) is 11.5. The second-order valence-corrected chi connectivity index (χ2v) is 4.42. The van der Waals surface area contributed by atoms with Gasteiger partial charge in [0.05, 0.1) is 5.69 Å². The molecule has 0 saturated heterocycles. The van der Waals surface area contributed by atoms with Crippen LogP contribution in [0.2, 0.25) is 0 Å². The lowest BCUT2D eigenvalue weighted by molar-refractivity contribution is 0.0564. The van der Waals surface area contributed by atoms with E-state index < -0.39 is 0 Å². The minimum Gasteiger partial charge on any atom is -0.438 e. The molecule has 0 aromatic carbocycles. The summed E-state index contributed by atoms with van der Waals surface area (Å²) >= 11 is 5.73. The second kappa shape index (κ2) is 4.87. The maximum absolute atomic E-state index is 12.2.